The average molecular weight is 236 g/mol. The number of benzene rings is 1. The third-order valence-corrected chi connectivity index (χ3v) is 2.75. The van der Waals surface area contributed by atoms with Crippen LogP contribution in [0.15, 0.2) is 18.2 Å². The first-order chi connectivity index (χ1) is 8.00. The maximum absolute atomic E-state index is 11.4. The molecule has 0 fully saturated rings. The maximum atomic E-state index is 11.4. The maximum Gasteiger partial charge on any atom is 0.251 e. The molecule has 5 N–H and O–H groups in total. The van der Waals surface area contributed by atoms with Gasteiger partial charge in [0.05, 0.1) is 0 Å². The predicted octanol–water partition coefficient (Wildman–Crippen LogP) is -1.19. The number of fused-ring (bicyclic) bond motifs is 1. The van der Waals surface area contributed by atoms with Crippen LogP contribution in [-0.4, -0.2) is 28.1 Å². The minimum absolute atomic E-state index is 0.234. The average Bonchev–Trinajstić information content (AvgIpc) is 2.68. The topological polar surface area (TPSA) is 113 Å². The summed E-state index contributed by atoms with van der Waals surface area (Å²) in [5.41, 5.74) is 6.43. The summed E-state index contributed by atoms with van der Waals surface area (Å²) >= 11 is 0. The number of hydrogen-bond acceptors (Lipinski definition) is 4. The number of carbonyl (C=O) groups excluding carboxylic acids is 2. The highest BCUT2D eigenvalue weighted by Gasteiger charge is 2.26. The van der Waals surface area contributed by atoms with Crippen molar-refractivity contribution in [2.75, 3.05) is 0 Å². The van der Waals surface area contributed by atoms with E-state index in [1.54, 1.807) is 12.1 Å². The minimum Gasteiger partial charge on any atom is -0.385 e. The van der Waals surface area contributed by atoms with Gasteiger partial charge in [-0.25, -0.2) is 0 Å². The van der Waals surface area contributed by atoms with Gasteiger partial charge >= 0.3 is 0 Å². The number of nitrogens with two attached hydrogens (primary N) is 1. The zero-order valence-corrected chi connectivity index (χ0v) is 8.88. The summed E-state index contributed by atoms with van der Waals surface area (Å²) in [5, 5.41) is 21.7. The first kappa shape index (κ1) is 11.6. The molecule has 0 saturated carbocycles. The lowest BCUT2D eigenvalue weighted by molar-refractivity contribution is -0.131. The monoisotopic (exact) mass is 236 g/mol. The summed E-state index contributed by atoms with van der Waals surface area (Å²) in [5.74, 6) is -1.25. The molecule has 0 aliphatic carbocycles. The Hall–Kier alpha value is -1.92. The molecule has 0 spiro atoms. The third kappa shape index (κ3) is 2.00. The highest BCUT2D eigenvalue weighted by molar-refractivity contribution is 5.98. The van der Waals surface area contributed by atoms with Crippen LogP contribution in [0.3, 0.4) is 0 Å². The molecule has 1 heterocycles. The fourth-order valence-corrected chi connectivity index (χ4v) is 1.75. The summed E-state index contributed by atoms with van der Waals surface area (Å²) in [4.78, 5) is 22.1. The molecule has 1 aromatic carbocycles. The number of aliphatic hydroxyl groups is 2. The van der Waals surface area contributed by atoms with E-state index in [4.69, 9.17) is 5.73 Å². The molecule has 0 bridgehead atoms. The second kappa shape index (κ2) is 4.15. The normalized spacial score (nSPS) is 17.2. The van der Waals surface area contributed by atoms with Gasteiger partial charge in [0.1, 0.15) is 6.10 Å². The van der Waals surface area contributed by atoms with Crippen LogP contribution in [-0.2, 0) is 11.3 Å². The van der Waals surface area contributed by atoms with Crippen molar-refractivity contribution in [2.24, 2.45) is 5.73 Å². The number of carbonyl (C=O) groups is 2. The summed E-state index contributed by atoms with van der Waals surface area (Å²) in [6.45, 7) is 0.447. The van der Waals surface area contributed by atoms with Crippen LogP contribution >= 0.6 is 0 Å². The molecule has 1 aromatic rings. The van der Waals surface area contributed by atoms with Crippen molar-refractivity contribution in [2.45, 2.75) is 18.8 Å². The van der Waals surface area contributed by atoms with E-state index in [1.807, 2.05) is 0 Å². The number of primary amides is 1. The Balaban J connectivity index is 2.32. The lowest BCUT2D eigenvalue weighted by atomic mass is 9.99. The van der Waals surface area contributed by atoms with Crippen LogP contribution in [0.4, 0.5) is 0 Å². The molecule has 1 aliphatic heterocycles. The molecule has 6 nitrogen and oxygen atoms in total. The number of rotatable bonds is 3. The molecule has 2 atom stereocenters. The molecule has 0 radical (unpaired) electrons. The van der Waals surface area contributed by atoms with E-state index in [-0.39, 0.29) is 11.5 Å². The van der Waals surface area contributed by atoms with Crippen LogP contribution < -0.4 is 11.1 Å². The van der Waals surface area contributed by atoms with Gasteiger partial charge in [-0.1, -0.05) is 12.1 Å². The largest absolute Gasteiger partial charge is 0.385 e. The van der Waals surface area contributed by atoms with Crippen LogP contribution in [0.1, 0.15) is 27.6 Å². The summed E-state index contributed by atoms with van der Waals surface area (Å²) in [7, 11) is 0. The lowest BCUT2D eigenvalue weighted by Crippen LogP contribution is -2.33. The lowest BCUT2D eigenvalue weighted by Gasteiger charge is -2.15. The van der Waals surface area contributed by atoms with E-state index in [2.05, 4.69) is 5.32 Å². The van der Waals surface area contributed by atoms with Gasteiger partial charge in [-0.05, 0) is 17.2 Å². The minimum atomic E-state index is -1.68. The van der Waals surface area contributed by atoms with Gasteiger partial charge in [-0.3, -0.25) is 9.59 Å². The Kier molecular flexibility index (Phi) is 2.83. The number of aliphatic hydroxyl groups excluding tert-OH is 2. The Labute approximate surface area is 97.1 Å². The Morgan fingerprint density at radius 2 is 2.12 bits per heavy atom. The van der Waals surface area contributed by atoms with Crippen molar-refractivity contribution < 1.29 is 19.8 Å². The second-order valence-electron chi connectivity index (χ2n) is 3.89. The van der Waals surface area contributed by atoms with Gasteiger partial charge in [0.2, 0.25) is 5.91 Å². The molecular weight excluding hydrogens is 224 g/mol. The molecule has 0 saturated heterocycles. The van der Waals surface area contributed by atoms with Gasteiger partial charge in [-0.2, -0.15) is 0 Å². The van der Waals surface area contributed by atoms with Gasteiger partial charge in [0.15, 0.2) is 6.10 Å². The van der Waals surface area contributed by atoms with Gasteiger partial charge < -0.3 is 21.3 Å². The molecule has 2 amide bonds. The van der Waals surface area contributed by atoms with Crippen LogP contribution in [0.25, 0.3) is 0 Å². The van der Waals surface area contributed by atoms with Crippen LogP contribution in [0, 0.1) is 0 Å². The Bertz CT molecular complexity index is 486. The van der Waals surface area contributed by atoms with Crippen molar-refractivity contribution in [3.05, 3.63) is 34.9 Å². The van der Waals surface area contributed by atoms with Gasteiger partial charge in [0.25, 0.3) is 5.91 Å². The number of nitrogens with one attached hydrogen (secondary N) is 1. The highest BCUT2D eigenvalue weighted by Crippen LogP contribution is 2.23. The molecule has 90 valence electrons. The first-order valence-corrected chi connectivity index (χ1v) is 5.07. The molecule has 0 aromatic heterocycles. The summed E-state index contributed by atoms with van der Waals surface area (Å²) in [6, 6.07) is 4.67. The van der Waals surface area contributed by atoms with Crippen molar-refractivity contribution in [1.82, 2.24) is 5.32 Å². The molecule has 6 heteroatoms. The van der Waals surface area contributed by atoms with E-state index >= 15 is 0 Å². The zero-order valence-electron chi connectivity index (χ0n) is 8.88. The molecule has 2 unspecified atom stereocenters. The van der Waals surface area contributed by atoms with E-state index in [0.29, 0.717) is 12.1 Å². The molecular formula is C11H12N2O4. The van der Waals surface area contributed by atoms with E-state index in [1.165, 1.54) is 6.07 Å². The van der Waals surface area contributed by atoms with Crippen molar-refractivity contribution in [1.29, 1.82) is 0 Å². The standard InChI is InChI=1S/C11H12N2O4/c12-10(16)9(15)8(14)5-1-2-6-4-13-11(17)7(6)3-5/h1-3,8-9,14-15H,4H2,(H2,12,16)(H,13,17). The number of amides is 2. The quantitative estimate of drug-likeness (QED) is 0.528. The smallest absolute Gasteiger partial charge is 0.251 e. The number of hydrogen-bond donors (Lipinski definition) is 4. The van der Waals surface area contributed by atoms with E-state index in [9.17, 15) is 19.8 Å². The van der Waals surface area contributed by atoms with Crippen molar-refractivity contribution >= 4 is 11.8 Å². The third-order valence-electron chi connectivity index (χ3n) is 2.75. The van der Waals surface area contributed by atoms with Crippen LogP contribution in [0.2, 0.25) is 0 Å². The Morgan fingerprint density at radius 1 is 1.41 bits per heavy atom. The summed E-state index contributed by atoms with van der Waals surface area (Å²) < 4.78 is 0. The second-order valence-corrected chi connectivity index (χ2v) is 3.89. The van der Waals surface area contributed by atoms with E-state index in [0.717, 1.165) is 5.56 Å². The predicted molar refractivity (Wildman–Crippen MR) is 57.8 cm³/mol. The van der Waals surface area contributed by atoms with E-state index < -0.39 is 18.1 Å². The first-order valence-electron chi connectivity index (χ1n) is 5.07. The SMILES string of the molecule is NC(=O)C(O)C(O)c1ccc2c(c1)C(=O)NC2. The molecule has 2 rings (SSSR count). The van der Waals surface area contributed by atoms with Gasteiger partial charge in [-0.15, -0.1) is 0 Å². The van der Waals surface area contributed by atoms with Crippen LogP contribution in [0.5, 0.6) is 0 Å². The molecule has 17 heavy (non-hydrogen) atoms. The molecule has 1 aliphatic rings. The highest BCUT2D eigenvalue weighted by atomic mass is 16.3. The Morgan fingerprint density at radius 3 is 2.76 bits per heavy atom. The van der Waals surface area contributed by atoms with Crippen molar-refractivity contribution in [3.63, 3.8) is 0 Å². The summed E-state index contributed by atoms with van der Waals surface area (Å²) in [6.07, 6.45) is -3.11. The fraction of sp³-hybridized carbons (Fsp3) is 0.273. The fourth-order valence-electron chi connectivity index (χ4n) is 1.75. The zero-order chi connectivity index (χ0) is 12.6. The van der Waals surface area contributed by atoms with Gasteiger partial charge in [0, 0.05) is 12.1 Å². The van der Waals surface area contributed by atoms with Crippen molar-refractivity contribution in [3.8, 4) is 0 Å².